The molecule has 0 radical (unpaired) electrons. The lowest BCUT2D eigenvalue weighted by Crippen LogP contribution is -2.52. The summed E-state index contributed by atoms with van der Waals surface area (Å²) < 4.78 is 34.4. The van der Waals surface area contributed by atoms with Crippen LogP contribution in [0.25, 0.3) is 0 Å². The average Bonchev–Trinajstić information content (AvgIpc) is 3.47. The quantitative estimate of drug-likeness (QED) is 0.347. The minimum atomic E-state index is -4.14. The lowest BCUT2D eigenvalue weighted by molar-refractivity contribution is -0.139. The van der Waals surface area contributed by atoms with Crippen molar-refractivity contribution in [3.8, 4) is 5.75 Å². The van der Waals surface area contributed by atoms with Crippen molar-refractivity contribution in [3.63, 3.8) is 0 Å². The third kappa shape index (κ3) is 7.47. The Hall–Kier alpha value is -3.85. The van der Waals surface area contributed by atoms with Gasteiger partial charge in [-0.2, -0.15) is 0 Å². The first kappa shape index (κ1) is 30.1. The van der Waals surface area contributed by atoms with E-state index >= 15 is 0 Å². The van der Waals surface area contributed by atoms with E-state index in [4.69, 9.17) is 4.74 Å². The van der Waals surface area contributed by atoms with Crippen LogP contribution in [-0.4, -0.2) is 50.9 Å². The van der Waals surface area contributed by atoms with Gasteiger partial charge in [-0.15, -0.1) is 0 Å². The van der Waals surface area contributed by atoms with E-state index in [1.807, 2.05) is 38.1 Å². The molecule has 4 rings (SSSR count). The van der Waals surface area contributed by atoms with Crippen LogP contribution in [0.15, 0.2) is 77.7 Å². The normalized spacial score (nSPS) is 14.3. The van der Waals surface area contributed by atoms with Crippen molar-refractivity contribution in [2.75, 3.05) is 18.0 Å². The topological polar surface area (TPSA) is 96.0 Å². The largest absolute Gasteiger partial charge is 0.497 e. The molecule has 0 aliphatic heterocycles. The van der Waals surface area contributed by atoms with Crippen LogP contribution < -0.4 is 14.4 Å². The fraction of sp³-hybridized carbons (Fsp3) is 0.375. The third-order valence-electron chi connectivity index (χ3n) is 7.53. The second-order valence-corrected chi connectivity index (χ2v) is 12.6. The van der Waals surface area contributed by atoms with Gasteiger partial charge in [0, 0.05) is 18.7 Å². The standard InChI is InChI=1S/C32H39N3O5S/c1-23-15-17-30(18-16-23)41(38,39)35(28-13-8-14-29(20-28)40-4)22-31(36)34(21-26-10-7-9-24(2)19-26)25(3)32(37)33-27-11-5-6-12-27/h7-10,13-20,25,27H,5-6,11-12,21-22H2,1-4H3,(H,33,37)/t25-/m0/s1. The van der Waals surface area contributed by atoms with Crippen molar-refractivity contribution in [1.82, 2.24) is 10.2 Å². The predicted octanol–water partition coefficient (Wildman–Crippen LogP) is 4.98. The van der Waals surface area contributed by atoms with Gasteiger partial charge in [0.15, 0.2) is 0 Å². The van der Waals surface area contributed by atoms with Crippen molar-refractivity contribution in [2.45, 2.75) is 70.0 Å². The highest BCUT2D eigenvalue weighted by Gasteiger charge is 2.33. The van der Waals surface area contributed by atoms with Crippen molar-refractivity contribution in [3.05, 3.63) is 89.5 Å². The Bertz CT molecular complexity index is 1470. The molecule has 1 atom stereocenters. The van der Waals surface area contributed by atoms with Crippen LogP contribution >= 0.6 is 0 Å². The first-order valence-corrected chi connectivity index (χ1v) is 15.4. The minimum absolute atomic E-state index is 0.0657. The van der Waals surface area contributed by atoms with Gasteiger partial charge in [0.1, 0.15) is 18.3 Å². The fourth-order valence-corrected chi connectivity index (χ4v) is 6.52. The number of hydrogen-bond acceptors (Lipinski definition) is 5. The number of methoxy groups -OCH3 is 1. The van der Waals surface area contributed by atoms with Gasteiger partial charge in [0.05, 0.1) is 17.7 Å². The minimum Gasteiger partial charge on any atom is -0.497 e. The summed E-state index contributed by atoms with van der Waals surface area (Å²) in [5.74, 6) is -0.272. The summed E-state index contributed by atoms with van der Waals surface area (Å²) in [5.41, 5.74) is 3.09. The Morgan fingerprint density at radius 3 is 2.29 bits per heavy atom. The number of anilines is 1. The number of carbonyl (C=O) groups is 2. The number of nitrogens with zero attached hydrogens (tertiary/aromatic N) is 2. The molecule has 0 spiro atoms. The molecule has 0 unspecified atom stereocenters. The number of rotatable bonds is 11. The number of ether oxygens (including phenoxy) is 1. The molecule has 9 heteroatoms. The molecule has 1 N–H and O–H groups in total. The molecule has 41 heavy (non-hydrogen) atoms. The summed E-state index contributed by atoms with van der Waals surface area (Å²) in [6, 6.07) is 20.1. The third-order valence-corrected chi connectivity index (χ3v) is 9.32. The van der Waals surface area contributed by atoms with Gasteiger partial charge in [0.2, 0.25) is 11.8 Å². The Labute approximate surface area is 243 Å². The van der Waals surface area contributed by atoms with E-state index in [-0.39, 0.29) is 29.1 Å². The summed E-state index contributed by atoms with van der Waals surface area (Å²) in [4.78, 5) is 29.0. The van der Waals surface area contributed by atoms with Gasteiger partial charge < -0.3 is 15.0 Å². The number of sulfonamides is 1. The van der Waals surface area contributed by atoms with Gasteiger partial charge in [-0.05, 0) is 63.4 Å². The predicted molar refractivity (Wildman–Crippen MR) is 160 cm³/mol. The lowest BCUT2D eigenvalue weighted by Gasteiger charge is -2.32. The highest BCUT2D eigenvalue weighted by molar-refractivity contribution is 7.92. The molecule has 0 saturated heterocycles. The summed E-state index contributed by atoms with van der Waals surface area (Å²) in [5, 5.41) is 3.09. The molecule has 3 aromatic rings. The van der Waals surface area contributed by atoms with Crippen LogP contribution in [0.3, 0.4) is 0 Å². The van der Waals surface area contributed by atoms with Crippen LogP contribution in [0, 0.1) is 13.8 Å². The zero-order chi connectivity index (χ0) is 29.6. The first-order valence-electron chi connectivity index (χ1n) is 14.0. The van der Waals surface area contributed by atoms with Crippen LogP contribution in [0.1, 0.15) is 49.3 Å². The number of hydrogen-bond donors (Lipinski definition) is 1. The molecule has 218 valence electrons. The second kappa shape index (κ2) is 13.2. The molecule has 1 aliphatic carbocycles. The smallest absolute Gasteiger partial charge is 0.264 e. The van der Waals surface area contributed by atoms with E-state index in [0.717, 1.165) is 46.7 Å². The molecular formula is C32H39N3O5S. The molecule has 3 aromatic carbocycles. The zero-order valence-electron chi connectivity index (χ0n) is 24.2. The van der Waals surface area contributed by atoms with E-state index < -0.39 is 28.5 Å². The van der Waals surface area contributed by atoms with E-state index in [0.29, 0.717) is 5.75 Å². The Morgan fingerprint density at radius 1 is 0.951 bits per heavy atom. The fourth-order valence-electron chi connectivity index (χ4n) is 5.11. The van der Waals surface area contributed by atoms with E-state index in [9.17, 15) is 18.0 Å². The molecule has 8 nitrogen and oxygen atoms in total. The lowest BCUT2D eigenvalue weighted by atomic mass is 10.1. The number of amides is 2. The maximum absolute atomic E-state index is 14.1. The van der Waals surface area contributed by atoms with Crippen LogP contribution in [-0.2, 0) is 26.2 Å². The van der Waals surface area contributed by atoms with Crippen molar-refractivity contribution in [1.29, 1.82) is 0 Å². The summed E-state index contributed by atoms with van der Waals surface area (Å²) in [6.45, 7) is 5.21. The van der Waals surface area contributed by atoms with Crippen molar-refractivity contribution >= 4 is 27.5 Å². The van der Waals surface area contributed by atoms with Gasteiger partial charge >= 0.3 is 0 Å². The average molecular weight is 578 g/mol. The molecule has 0 bridgehead atoms. The van der Waals surface area contributed by atoms with Crippen LogP contribution in [0.2, 0.25) is 0 Å². The maximum atomic E-state index is 14.1. The highest BCUT2D eigenvalue weighted by Crippen LogP contribution is 2.28. The SMILES string of the molecule is COc1cccc(N(CC(=O)N(Cc2cccc(C)c2)[C@@H](C)C(=O)NC2CCCC2)S(=O)(=O)c2ccc(C)cc2)c1. The van der Waals surface area contributed by atoms with Crippen molar-refractivity contribution in [2.24, 2.45) is 0 Å². The van der Waals surface area contributed by atoms with Gasteiger partial charge in [-0.3, -0.25) is 13.9 Å². The van der Waals surface area contributed by atoms with Gasteiger partial charge in [0.25, 0.3) is 10.0 Å². The number of aryl methyl sites for hydroxylation is 2. The molecular weight excluding hydrogens is 538 g/mol. The van der Waals surface area contributed by atoms with Crippen molar-refractivity contribution < 1.29 is 22.7 Å². The number of nitrogens with one attached hydrogen (secondary N) is 1. The van der Waals surface area contributed by atoms with E-state index in [2.05, 4.69) is 5.32 Å². The Kier molecular flexibility index (Phi) is 9.70. The summed E-state index contributed by atoms with van der Waals surface area (Å²) >= 11 is 0. The molecule has 0 aromatic heterocycles. The summed E-state index contributed by atoms with van der Waals surface area (Å²) in [7, 11) is -2.64. The zero-order valence-corrected chi connectivity index (χ0v) is 25.0. The van der Waals surface area contributed by atoms with Gasteiger partial charge in [-0.1, -0.05) is 66.4 Å². The molecule has 2 amide bonds. The summed E-state index contributed by atoms with van der Waals surface area (Å²) in [6.07, 6.45) is 3.97. The first-order chi connectivity index (χ1) is 19.6. The molecule has 1 saturated carbocycles. The van der Waals surface area contributed by atoms with Crippen LogP contribution in [0.5, 0.6) is 5.75 Å². The monoisotopic (exact) mass is 577 g/mol. The van der Waals surface area contributed by atoms with Gasteiger partial charge in [-0.25, -0.2) is 8.42 Å². The Morgan fingerprint density at radius 2 is 1.63 bits per heavy atom. The molecule has 0 heterocycles. The second-order valence-electron chi connectivity index (χ2n) is 10.7. The van der Waals surface area contributed by atoms with E-state index in [1.54, 1.807) is 43.3 Å². The Balaban J connectivity index is 1.70. The molecule has 1 aliphatic rings. The number of carbonyl (C=O) groups excluding carboxylic acids is 2. The number of benzene rings is 3. The molecule has 1 fully saturated rings. The van der Waals surface area contributed by atoms with Crippen LogP contribution in [0.4, 0.5) is 5.69 Å². The highest BCUT2D eigenvalue weighted by atomic mass is 32.2. The maximum Gasteiger partial charge on any atom is 0.264 e. The van der Waals surface area contributed by atoms with E-state index in [1.165, 1.54) is 24.1 Å².